The number of amides is 1. The summed E-state index contributed by atoms with van der Waals surface area (Å²) in [5.41, 5.74) is 2.30. The first-order valence-electron chi connectivity index (χ1n) is 9.79. The molecule has 0 spiro atoms. The number of carbonyl (C=O) groups excluding carboxylic acids is 2. The summed E-state index contributed by atoms with van der Waals surface area (Å²) in [6, 6.07) is 12.4. The summed E-state index contributed by atoms with van der Waals surface area (Å²) < 4.78 is 0. The summed E-state index contributed by atoms with van der Waals surface area (Å²) in [7, 11) is 0. The Morgan fingerprint density at radius 2 is 1.67 bits per heavy atom. The van der Waals surface area contributed by atoms with E-state index in [2.05, 4.69) is 0 Å². The van der Waals surface area contributed by atoms with E-state index in [0.717, 1.165) is 5.56 Å². The van der Waals surface area contributed by atoms with Crippen LogP contribution in [0.4, 0.5) is 11.4 Å². The maximum Gasteiger partial charge on any atom is 0.269 e. The zero-order valence-electron chi connectivity index (χ0n) is 16.8. The molecule has 7 nitrogen and oxygen atoms in total. The van der Waals surface area contributed by atoms with Crippen LogP contribution >= 0.6 is 0 Å². The van der Waals surface area contributed by atoms with E-state index in [9.17, 15) is 24.8 Å². The lowest BCUT2D eigenvalue weighted by molar-refractivity contribution is -0.384. The van der Waals surface area contributed by atoms with Crippen LogP contribution in [0.3, 0.4) is 0 Å². The van der Waals surface area contributed by atoms with Crippen LogP contribution in [0.5, 0.6) is 5.75 Å². The molecule has 30 heavy (non-hydrogen) atoms. The van der Waals surface area contributed by atoms with E-state index < -0.39 is 10.8 Å². The number of nitrogens with zero attached hydrogens (tertiary/aromatic N) is 2. The molecule has 1 atom stereocenters. The lowest BCUT2D eigenvalue weighted by Crippen LogP contribution is -2.43. The summed E-state index contributed by atoms with van der Waals surface area (Å²) in [6.45, 7) is 4.01. The van der Waals surface area contributed by atoms with Crippen molar-refractivity contribution in [3.8, 4) is 5.75 Å². The molecule has 154 valence electrons. The molecule has 1 aliphatic heterocycles. The van der Waals surface area contributed by atoms with Gasteiger partial charge in [0, 0.05) is 47.8 Å². The third-order valence-electron chi connectivity index (χ3n) is 5.76. The van der Waals surface area contributed by atoms with Crippen LogP contribution in [0, 0.1) is 15.5 Å². The van der Waals surface area contributed by atoms with Crippen LogP contribution < -0.4 is 4.90 Å². The molecule has 7 heteroatoms. The highest BCUT2D eigenvalue weighted by atomic mass is 16.6. The molecular weight excluding hydrogens is 384 g/mol. The fourth-order valence-electron chi connectivity index (χ4n) is 4.43. The number of anilines is 1. The van der Waals surface area contributed by atoms with Crippen molar-refractivity contribution in [2.24, 2.45) is 5.41 Å². The van der Waals surface area contributed by atoms with Gasteiger partial charge in [-0.1, -0.05) is 26.0 Å². The number of phenols is 1. The van der Waals surface area contributed by atoms with Gasteiger partial charge in [0.05, 0.1) is 4.92 Å². The first kappa shape index (κ1) is 19.8. The highest BCUT2D eigenvalue weighted by molar-refractivity contribution is 6.07. The number of phenolic OH excluding ortho intramolecular Hbond substituents is 1. The summed E-state index contributed by atoms with van der Waals surface area (Å²) >= 11 is 0. The van der Waals surface area contributed by atoms with Crippen LogP contribution in [0.1, 0.15) is 44.6 Å². The van der Waals surface area contributed by atoms with Gasteiger partial charge < -0.3 is 5.11 Å². The Labute approximate surface area is 173 Å². The standard InChI is InChI=1S/C23H22N2O5/c1-23(2)12-19-22(20(27)13-23)18(14-3-5-16(6-4-14)25(29)30)11-21(28)24(19)15-7-9-17(26)10-8-15/h3-10,18,26H,11-13H2,1-2H3. The molecule has 2 aromatic rings. The van der Waals surface area contributed by atoms with Crippen molar-refractivity contribution < 1.29 is 19.6 Å². The molecule has 1 heterocycles. The number of Topliss-reactive ketones (excluding diaryl/α,β-unsaturated/α-hetero) is 1. The molecule has 4 rings (SSSR count). The molecule has 1 aliphatic carbocycles. The van der Waals surface area contributed by atoms with E-state index >= 15 is 0 Å². The fraction of sp³-hybridized carbons (Fsp3) is 0.304. The van der Waals surface area contributed by atoms with E-state index in [-0.39, 0.29) is 35.0 Å². The van der Waals surface area contributed by atoms with Gasteiger partial charge in [-0.25, -0.2) is 0 Å². The number of nitro groups is 1. The van der Waals surface area contributed by atoms with E-state index in [4.69, 9.17) is 0 Å². The van der Waals surface area contributed by atoms with Crippen LogP contribution in [-0.2, 0) is 9.59 Å². The molecule has 2 aliphatic rings. The van der Waals surface area contributed by atoms with Gasteiger partial charge in [-0.3, -0.25) is 24.6 Å². The minimum Gasteiger partial charge on any atom is -0.508 e. The maximum atomic E-state index is 13.2. The lowest BCUT2D eigenvalue weighted by atomic mass is 9.69. The number of nitro benzene ring substituents is 1. The van der Waals surface area contributed by atoms with Crippen molar-refractivity contribution in [2.75, 3.05) is 4.90 Å². The molecule has 0 saturated carbocycles. The molecule has 1 unspecified atom stereocenters. The van der Waals surface area contributed by atoms with Crippen molar-refractivity contribution in [3.05, 3.63) is 75.5 Å². The summed E-state index contributed by atoms with van der Waals surface area (Å²) in [6.07, 6.45) is 1.04. The third kappa shape index (κ3) is 3.47. The summed E-state index contributed by atoms with van der Waals surface area (Å²) in [4.78, 5) is 38.5. The van der Waals surface area contributed by atoms with Crippen LogP contribution in [0.25, 0.3) is 0 Å². The number of benzene rings is 2. The molecular formula is C23H22N2O5. The largest absolute Gasteiger partial charge is 0.508 e. The van der Waals surface area contributed by atoms with Crippen LogP contribution in [0.15, 0.2) is 59.8 Å². The second kappa shape index (κ2) is 7.09. The van der Waals surface area contributed by atoms with Gasteiger partial charge in [0.2, 0.25) is 5.91 Å². The number of aromatic hydroxyl groups is 1. The third-order valence-corrected chi connectivity index (χ3v) is 5.76. The van der Waals surface area contributed by atoms with Gasteiger partial charge in [-0.05, 0) is 41.7 Å². The van der Waals surface area contributed by atoms with Crippen molar-refractivity contribution in [1.29, 1.82) is 0 Å². The monoisotopic (exact) mass is 406 g/mol. The zero-order valence-corrected chi connectivity index (χ0v) is 16.8. The number of rotatable bonds is 3. The van der Waals surface area contributed by atoms with Gasteiger partial charge in [0.1, 0.15) is 5.75 Å². The van der Waals surface area contributed by atoms with Gasteiger partial charge in [0.15, 0.2) is 5.78 Å². The Morgan fingerprint density at radius 1 is 1.03 bits per heavy atom. The number of allylic oxidation sites excluding steroid dienone is 2. The van der Waals surface area contributed by atoms with E-state index in [0.29, 0.717) is 29.8 Å². The van der Waals surface area contributed by atoms with Gasteiger partial charge in [-0.15, -0.1) is 0 Å². The molecule has 0 saturated heterocycles. The summed E-state index contributed by atoms with van der Waals surface area (Å²) in [5, 5.41) is 20.6. The second-order valence-electron chi connectivity index (χ2n) is 8.65. The normalized spacial score (nSPS) is 20.9. The first-order valence-corrected chi connectivity index (χ1v) is 9.79. The topological polar surface area (TPSA) is 101 Å². The number of hydrogen-bond acceptors (Lipinski definition) is 5. The smallest absolute Gasteiger partial charge is 0.269 e. The highest BCUT2D eigenvalue weighted by Gasteiger charge is 2.44. The first-order chi connectivity index (χ1) is 14.2. The predicted molar refractivity (Wildman–Crippen MR) is 111 cm³/mol. The number of non-ortho nitro benzene ring substituents is 1. The molecule has 0 bridgehead atoms. The SMILES string of the molecule is CC1(C)CC(=O)C2=C(C1)N(c1ccc(O)cc1)C(=O)CC2c1ccc([N+](=O)[O-])cc1. The second-order valence-corrected chi connectivity index (χ2v) is 8.65. The average molecular weight is 406 g/mol. The predicted octanol–water partition coefficient (Wildman–Crippen LogP) is 4.46. The van der Waals surface area contributed by atoms with Crippen molar-refractivity contribution in [2.45, 2.75) is 39.0 Å². The van der Waals surface area contributed by atoms with Crippen LogP contribution in [0.2, 0.25) is 0 Å². The number of carbonyl (C=O) groups is 2. The van der Waals surface area contributed by atoms with Gasteiger partial charge >= 0.3 is 0 Å². The molecule has 0 radical (unpaired) electrons. The quantitative estimate of drug-likeness (QED) is 0.599. The lowest BCUT2D eigenvalue weighted by Gasteiger charge is -2.43. The van der Waals surface area contributed by atoms with E-state index in [1.54, 1.807) is 29.2 Å². The maximum absolute atomic E-state index is 13.2. The Bertz CT molecular complexity index is 1070. The van der Waals surface area contributed by atoms with Gasteiger partial charge in [0.25, 0.3) is 5.69 Å². The molecule has 1 amide bonds. The van der Waals surface area contributed by atoms with E-state index in [1.807, 2.05) is 13.8 Å². The van der Waals surface area contributed by atoms with Crippen molar-refractivity contribution in [3.63, 3.8) is 0 Å². The van der Waals surface area contributed by atoms with E-state index in [1.165, 1.54) is 24.3 Å². The molecule has 0 aromatic heterocycles. The van der Waals surface area contributed by atoms with Crippen molar-refractivity contribution >= 4 is 23.1 Å². The molecule has 1 N–H and O–H groups in total. The zero-order chi connectivity index (χ0) is 21.6. The number of hydrogen-bond donors (Lipinski definition) is 1. The summed E-state index contributed by atoms with van der Waals surface area (Å²) in [5.74, 6) is -0.472. The van der Waals surface area contributed by atoms with Crippen molar-refractivity contribution in [1.82, 2.24) is 0 Å². The average Bonchev–Trinajstić information content (AvgIpc) is 2.67. The Kier molecular flexibility index (Phi) is 4.68. The Balaban J connectivity index is 1.85. The highest BCUT2D eigenvalue weighted by Crippen LogP contribution is 2.48. The Morgan fingerprint density at radius 3 is 2.27 bits per heavy atom. The number of ketones is 1. The minimum absolute atomic E-state index is 0.000816. The minimum atomic E-state index is -0.471. The molecule has 2 aromatic carbocycles. The van der Waals surface area contributed by atoms with Gasteiger partial charge in [-0.2, -0.15) is 0 Å². The Hall–Kier alpha value is -3.48. The molecule has 0 fully saturated rings. The fourth-order valence-corrected chi connectivity index (χ4v) is 4.43. The van der Waals surface area contributed by atoms with Crippen LogP contribution in [-0.4, -0.2) is 21.7 Å².